The Hall–Kier alpha value is -2.36. The third-order valence-electron chi connectivity index (χ3n) is 5.50. The maximum atomic E-state index is 12.5. The highest BCUT2D eigenvalue weighted by Crippen LogP contribution is 2.63. The lowest BCUT2D eigenvalue weighted by Gasteiger charge is -2.24. The summed E-state index contributed by atoms with van der Waals surface area (Å²) >= 11 is 0. The fourth-order valence-electron chi connectivity index (χ4n) is 3.39. The first-order valence-corrected chi connectivity index (χ1v) is 8.14. The normalized spacial score (nSPS) is 19.9. The Balaban J connectivity index is 1.58. The highest BCUT2D eigenvalue weighted by atomic mass is 16.2. The van der Waals surface area contributed by atoms with E-state index < -0.39 is 0 Å². The van der Waals surface area contributed by atoms with E-state index in [1.54, 1.807) is 12.1 Å². The average molecular weight is 308 g/mol. The van der Waals surface area contributed by atoms with Gasteiger partial charge in [-0.15, -0.1) is 0 Å². The lowest BCUT2D eigenvalue weighted by Crippen LogP contribution is -2.44. The molecule has 2 saturated carbocycles. The van der Waals surface area contributed by atoms with Crippen molar-refractivity contribution in [1.29, 1.82) is 0 Å². The van der Waals surface area contributed by atoms with Crippen LogP contribution in [0.3, 0.4) is 0 Å². The van der Waals surface area contributed by atoms with E-state index in [0.717, 1.165) is 36.9 Å². The molecule has 2 aliphatic rings. The van der Waals surface area contributed by atoms with Gasteiger partial charge in [-0.2, -0.15) is 0 Å². The van der Waals surface area contributed by atoms with Gasteiger partial charge in [-0.1, -0.05) is 37.3 Å². The number of aromatic nitrogens is 1. The van der Waals surface area contributed by atoms with E-state index in [2.05, 4.69) is 17.2 Å². The summed E-state index contributed by atoms with van der Waals surface area (Å²) in [5.74, 6) is -0.253. The van der Waals surface area contributed by atoms with Gasteiger partial charge in [0.05, 0.1) is 0 Å². The molecule has 0 aliphatic heterocycles. The minimum absolute atomic E-state index is 0.0748. The van der Waals surface area contributed by atoms with Crippen LogP contribution in [0.5, 0.6) is 0 Å². The Morgan fingerprint density at radius 2 is 1.74 bits per heavy atom. The van der Waals surface area contributed by atoms with Gasteiger partial charge in [-0.05, 0) is 48.8 Å². The van der Waals surface area contributed by atoms with Crippen molar-refractivity contribution in [1.82, 2.24) is 10.3 Å². The topological polar surface area (TPSA) is 62.0 Å². The van der Waals surface area contributed by atoms with Gasteiger partial charge < -0.3 is 10.3 Å². The lowest BCUT2D eigenvalue weighted by molar-refractivity contribution is 0.0908. The molecule has 0 spiro atoms. The van der Waals surface area contributed by atoms with Gasteiger partial charge in [0.2, 0.25) is 0 Å². The summed E-state index contributed by atoms with van der Waals surface area (Å²) in [4.78, 5) is 27.6. The summed E-state index contributed by atoms with van der Waals surface area (Å²) in [5, 5.41) is 3.13. The molecule has 0 unspecified atom stereocenters. The Morgan fingerprint density at radius 3 is 2.30 bits per heavy atom. The number of pyridine rings is 1. The number of carbonyl (C=O) groups excluding carboxylic acids is 1. The Bertz CT molecular complexity index is 815. The standard InChI is InChI=1S/C19H20N2O2/c1-18(9-10-18)19(11-12-19)21-17(23)14-7-8-15(20-16(14)22)13-5-3-2-4-6-13/h2-8H,9-12H2,1H3,(H,20,22)(H,21,23). The third kappa shape index (κ3) is 2.38. The molecule has 1 amide bonds. The zero-order valence-electron chi connectivity index (χ0n) is 13.2. The summed E-state index contributed by atoms with van der Waals surface area (Å²) in [6.07, 6.45) is 4.37. The second-order valence-electron chi connectivity index (χ2n) is 7.08. The van der Waals surface area contributed by atoms with Crippen LogP contribution >= 0.6 is 0 Å². The van der Waals surface area contributed by atoms with E-state index in [9.17, 15) is 9.59 Å². The summed E-state index contributed by atoms with van der Waals surface area (Å²) in [7, 11) is 0. The second-order valence-corrected chi connectivity index (χ2v) is 7.08. The fraction of sp³-hybridized carbons (Fsp3) is 0.368. The predicted molar refractivity (Wildman–Crippen MR) is 89.3 cm³/mol. The molecule has 1 aromatic carbocycles. The van der Waals surface area contributed by atoms with E-state index >= 15 is 0 Å². The first kappa shape index (κ1) is 14.2. The largest absolute Gasteiger partial charge is 0.346 e. The lowest BCUT2D eigenvalue weighted by atomic mass is 9.95. The molecule has 1 aromatic heterocycles. The van der Waals surface area contributed by atoms with Gasteiger partial charge in [-0.3, -0.25) is 9.59 Å². The molecular formula is C19H20N2O2. The Kier molecular flexibility index (Phi) is 2.98. The number of H-pyrrole nitrogens is 1. The van der Waals surface area contributed by atoms with Crippen molar-refractivity contribution >= 4 is 5.91 Å². The molecule has 2 aromatic rings. The number of rotatable bonds is 4. The maximum Gasteiger partial charge on any atom is 0.261 e. The van der Waals surface area contributed by atoms with Crippen molar-refractivity contribution < 1.29 is 4.79 Å². The maximum absolute atomic E-state index is 12.5. The molecular weight excluding hydrogens is 288 g/mol. The smallest absolute Gasteiger partial charge is 0.261 e. The molecule has 0 radical (unpaired) electrons. The number of nitrogens with one attached hydrogen (secondary N) is 2. The Labute approximate surface area is 134 Å². The van der Waals surface area contributed by atoms with Crippen LogP contribution in [0.1, 0.15) is 43.0 Å². The number of amides is 1. The summed E-state index contributed by atoms with van der Waals surface area (Å²) in [6, 6.07) is 13.0. The van der Waals surface area contributed by atoms with E-state index in [4.69, 9.17) is 0 Å². The summed E-state index contributed by atoms with van der Waals surface area (Å²) in [6.45, 7) is 2.23. The average Bonchev–Trinajstić information content (AvgIpc) is 3.47. The molecule has 0 atom stereocenters. The number of aromatic amines is 1. The van der Waals surface area contributed by atoms with E-state index in [1.807, 2.05) is 30.3 Å². The number of hydrogen-bond donors (Lipinski definition) is 2. The molecule has 1 heterocycles. The number of carbonyl (C=O) groups is 1. The molecule has 118 valence electrons. The van der Waals surface area contributed by atoms with Crippen molar-refractivity contribution in [3.63, 3.8) is 0 Å². The molecule has 4 nitrogen and oxygen atoms in total. The van der Waals surface area contributed by atoms with Gasteiger partial charge >= 0.3 is 0 Å². The van der Waals surface area contributed by atoms with Crippen molar-refractivity contribution in [3.05, 3.63) is 58.4 Å². The summed E-state index contributed by atoms with van der Waals surface area (Å²) < 4.78 is 0. The first-order valence-electron chi connectivity index (χ1n) is 8.14. The van der Waals surface area contributed by atoms with E-state index in [0.29, 0.717) is 0 Å². The third-order valence-corrected chi connectivity index (χ3v) is 5.50. The van der Waals surface area contributed by atoms with Gasteiger partial charge in [0.1, 0.15) is 5.56 Å². The van der Waals surface area contributed by atoms with Crippen LogP contribution in [0.15, 0.2) is 47.3 Å². The SMILES string of the molecule is CC1(C2(NC(=O)c3ccc(-c4ccccc4)[nH]c3=O)CC2)CC1. The zero-order valence-corrected chi connectivity index (χ0v) is 13.2. The van der Waals surface area contributed by atoms with Crippen molar-refractivity contribution in [2.75, 3.05) is 0 Å². The van der Waals surface area contributed by atoms with Gasteiger partial charge in [-0.25, -0.2) is 0 Å². The van der Waals surface area contributed by atoms with Gasteiger partial charge in [0.25, 0.3) is 11.5 Å². The second kappa shape index (κ2) is 4.82. The van der Waals surface area contributed by atoms with E-state index in [-0.39, 0.29) is 28.0 Å². The highest BCUT2D eigenvalue weighted by Gasteiger charge is 2.63. The summed E-state index contributed by atoms with van der Waals surface area (Å²) in [5.41, 5.74) is 1.68. The Morgan fingerprint density at radius 1 is 1.04 bits per heavy atom. The fourth-order valence-corrected chi connectivity index (χ4v) is 3.39. The van der Waals surface area contributed by atoms with Gasteiger partial charge in [0.15, 0.2) is 0 Å². The molecule has 2 aliphatic carbocycles. The molecule has 23 heavy (non-hydrogen) atoms. The van der Waals surface area contributed by atoms with Crippen LogP contribution in [0, 0.1) is 5.41 Å². The van der Waals surface area contributed by atoms with Crippen LogP contribution in [0.25, 0.3) is 11.3 Å². The number of benzene rings is 1. The molecule has 4 rings (SSSR count). The van der Waals surface area contributed by atoms with Gasteiger partial charge in [0, 0.05) is 11.2 Å². The quantitative estimate of drug-likeness (QED) is 0.911. The first-order chi connectivity index (χ1) is 11.0. The van der Waals surface area contributed by atoms with Crippen molar-refractivity contribution in [2.24, 2.45) is 5.41 Å². The van der Waals surface area contributed by atoms with Crippen LogP contribution in [0.4, 0.5) is 0 Å². The minimum Gasteiger partial charge on any atom is -0.346 e. The van der Waals surface area contributed by atoms with E-state index in [1.165, 1.54) is 0 Å². The van der Waals surface area contributed by atoms with Crippen molar-refractivity contribution in [3.8, 4) is 11.3 Å². The van der Waals surface area contributed by atoms with Crippen LogP contribution in [-0.2, 0) is 0 Å². The van der Waals surface area contributed by atoms with Crippen LogP contribution in [0.2, 0.25) is 0 Å². The number of hydrogen-bond acceptors (Lipinski definition) is 2. The van der Waals surface area contributed by atoms with Crippen LogP contribution in [-0.4, -0.2) is 16.4 Å². The predicted octanol–water partition coefficient (Wildman–Crippen LogP) is 3.10. The van der Waals surface area contributed by atoms with Crippen LogP contribution < -0.4 is 10.9 Å². The minimum atomic E-state index is -0.333. The molecule has 0 bridgehead atoms. The highest BCUT2D eigenvalue weighted by molar-refractivity contribution is 5.95. The molecule has 4 heteroatoms. The zero-order chi connectivity index (χ0) is 16.1. The molecule has 2 N–H and O–H groups in total. The van der Waals surface area contributed by atoms with Crippen molar-refractivity contribution in [2.45, 2.75) is 38.1 Å². The molecule has 2 fully saturated rings. The monoisotopic (exact) mass is 308 g/mol. The molecule has 0 saturated heterocycles.